The van der Waals surface area contributed by atoms with E-state index in [0.717, 1.165) is 45.2 Å². The van der Waals surface area contributed by atoms with Gasteiger partial charge in [-0.3, -0.25) is 29.0 Å². The van der Waals surface area contributed by atoms with Crippen molar-refractivity contribution in [2.45, 2.75) is 33.1 Å². The molecule has 0 saturated carbocycles. The highest BCUT2D eigenvalue weighted by Crippen LogP contribution is 2.46. The number of amides is 4. The minimum Gasteiger partial charge on any atom is -0.274 e. The predicted octanol–water partition coefficient (Wildman–Crippen LogP) is 6.14. The third-order valence-corrected chi connectivity index (χ3v) is 7.99. The molecule has 0 aromatic heterocycles. The average molecular weight is 489 g/mol. The number of unbranched alkanes of at least 4 members (excludes halogenated alkanes) is 1. The number of carbonyl (C=O) groups is 4. The molecule has 0 saturated heterocycles. The van der Waals surface area contributed by atoms with Crippen molar-refractivity contribution in [3.8, 4) is 0 Å². The Morgan fingerprint density at radius 3 is 1.14 bits per heavy atom. The van der Waals surface area contributed by atoms with Crippen LogP contribution in [0.4, 0.5) is 0 Å². The SMILES string of the molecule is CCCCN1C(=O)c2ccc3c4ccc5c6c(ccc(c7ccc(c2c37)C1=O)c64)C(=O)N(CCC)C5=O. The Kier molecular flexibility index (Phi) is 4.50. The Balaban J connectivity index is 1.58. The lowest BCUT2D eigenvalue weighted by Crippen LogP contribution is -2.41. The molecule has 182 valence electrons. The highest BCUT2D eigenvalue weighted by atomic mass is 16.2. The molecule has 5 aromatic rings. The first-order valence-electron chi connectivity index (χ1n) is 12.9. The molecule has 0 radical (unpaired) electrons. The van der Waals surface area contributed by atoms with Crippen molar-refractivity contribution in [1.29, 1.82) is 0 Å². The number of imide groups is 2. The first kappa shape index (κ1) is 21.9. The van der Waals surface area contributed by atoms with Crippen LogP contribution in [0.15, 0.2) is 48.5 Å². The maximum Gasteiger partial charge on any atom is 0.261 e. The van der Waals surface area contributed by atoms with Crippen molar-refractivity contribution in [2.24, 2.45) is 0 Å². The van der Waals surface area contributed by atoms with Gasteiger partial charge in [-0.25, -0.2) is 0 Å². The van der Waals surface area contributed by atoms with E-state index in [9.17, 15) is 19.2 Å². The Labute approximate surface area is 212 Å². The van der Waals surface area contributed by atoms with Gasteiger partial charge in [-0.1, -0.05) is 44.5 Å². The van der Waals surface area contributed by atoms with Gasteiger partial charge in [-0.15, -0.1) is 0 Å². The van der Waals surface area contributed by atoms with Gasteiger partial charge in [-0.2, -0.15) is 0 Å². The molecular weight excluding hydrogens is 464 g/mol. The molecule has 0 unspecified atom stereocenters. The molecule has 0 N–H and O–H groups in total. The van der Waals surface area contributed by atoms with Crippen molar-refractivity contribution in [2.75, 3.05) is 13.1 Å². The van der Waals surface area contributed by atoms with Gasteiger partial charge in [0.05, 0.1) is 0 Å². The molecule has 0 bridgehead atoms. The number of fused-ring (bicyclic) bond motifs is 2. The van der Waals surface area contributed by atoms with Crippen LogP contribution in [0.5, 0.6) is 0 Å². The normalized spacial score (nSPS) is 15.4. The number of hydrogen-bond donors (Lipinski definition) is 0. The summed E-state index contributed by atoms with van der Waals surface area (Å²) in [4.78, 5) is 56.1. The van der Waals surface area contributed by atoms with Gasteiger partial charge in [0.25, 0.3) is 23.6 Å². The molecule has 5 aromatic carbocycles. The molecule has 37 heavy (non-hydrogen) atoms. The average Bonchev–Trinajstić information content (AvgIpc) is 2.91. The zero-order valence-corrected chi connectivity index (χ0v) is 20.7. The zero-order valence-electron chi connectivity index (χ0n) is 20.7. The van der Waals surface area contributed by atoms with Gasteiger partial charge in [-0.05, 0) is 69.4 Å². The molecular formula is C31H24N2O4. The molecule has 2 heterocycles. The van der Waals surface area contributed by atoms with Crippen molar-refractivity contribution >= 4 is 66.7 Å². The summed E-state index contributed by atoms with van der Waals surface area (Å²) in [6, 6.07) is 15.0. The second-order valence-electron chi connectivity index (χ2n) is 10.0. The summed E-state index contributed by atoms with van der Waals surface area (Å²) in [6.45, 7) is 4.77. The number of nitrogens with zero attached hydrogens (tertiary/aromatic N) is 2. The largest absolute Gasteiger partial charge is 0.274 e. The number of hydrogen-bond acceptors (Lipinski definition) is 4. The van der Waals surface area contributed by atoms with E-state index < -0.39 is 0 Å². The molecule has 6 heteroatoms. The molecule has 6 nitrogen and oxygen atoms in total. The highest BCUT2D eigenvalue weighted by molar-refractivity contribution is 6.41. The van der Waals surface area contributed by atoms with E-state index in [-0.39, 0.29) is 23.6 Å². The lowest BCUT2D eigenvalue weighted by atomic mass is 9.82. The van der Waals surface area contributed by atoms with Crippen molar-refractivity contribution < 1.29 is 19.2 Å². The summed E-state index contributed by atoms with van der Waals surface area (Å²) in [5.41, 5.74) is 2.16. The summed E-state index contributed by atoms with van der Waals surface area (Å²) >= 11 is 0. The third-order valence-electron chi connectivity index (χ3n) is 7.99. The van der Waals surface area contributed by atoms with E-state index in [4.69, 9.17) is 0 Å². The summed E-state index contributed by atoms with van der Waals surface area (Å²) in [5, 5.41) is 6.77. The van der Waals surface area contributed by atoms with Crippen LogP contribution in [0.1, 0.15) is 74.5 Å². The summed E-state index contributed by atoms with van der Waals surface area (Å²) in [7, 11) is 0. The Morgan fingerprint density at radius 1 is 0.459 bits per heavy atom. The lowest BCUT2D eigenvalue weighted by molar-refractivity contribution is 0.0594. The van der Waals surface area contributed by atoms with Gasteiger partial charge in [0.2, 0.25) is 0 Å². The highest BCUT2D eigenvalue weighted by Gasteiger charge is 2.36. The fraction of sp³-hybridized carbons (Fsp3) is 0.226. The van der Waals surface area contributed by atoms with Gasteiger partial charge in [0.15, 0.2) is 0 Å². The van der Waals surface area contributed by atoms with Gasteiger partial charge < -0.3 is 0 Å². The maximum atomic E-state index is 13.4. The van der Waals surface area contributed by atoms with E-state index in [1.807, 2.05) is 62.4 Å². The van der Waals surface area contributed by atoms with E-state index in [1.165, 1.54) is 9.80 Å². The van der Waals surface area contributed by atoms with E-state index >= 15 is 0 Å². The third kappa shape index (κ3) is 2.65. The Bertz CT molecular complexity index is 1750. The molecule has 0 atom stereocenters. The van der Waals surface area contributed by atoms with E-state index in [2.05, 4.69) is 0 Å². The van der Waals surface area contributed by atoms with Crippen LogP contribution < -0.4 is 0 Å². The smallest absolute Gasteiger partial charge is 0.261 e. The molecule has 0 aliphatic carbocycles. The topological polar surface area (TPSA) is 74.8 Å². The van der Waals surface area contributed by atoms with Crippen LogP contribution in [0.25, 0.3) is 43.1 Å². The summed E-state index contributed by atoms with van der Waals surface area (Å²) in [6.07, 6.45) is 2.35. The number of carbonyl (C=O) groups excluding carboxylic acids is 4. The molecule has 2 aliphatic rings. The lowest BCUT2D eigenvalue weighted by Gasteiger charge is -2.30. The van der Waals surface area contributed by atoms with Crippen LogP contribution >= 0.6 is 0 Å². The van der Waals surface area contributed by atoms with E-state index in [1.54, 1.807) is 0 Å². The molecule has 0 spiro atoms. The molecule has 2 aliphatic heterocycles. The van der Waals surface area contributed by atoms with Gasteiger partial charge in [0.1, 0.15) is 0 Å². The minimum absolute atomic E-state index is 0.252. The fourth-order valence-electron chi connectivity index (χ4n) is 6.31. The quantitative estimate of drug-likeness (QED) is 0.169. The number of rotatable bonds is 5. The predicted molar refractivity (Wildman–Crippen MR) is 144 cm³/mol. The fourth-order valence-corrected chi connectivity index (χ4v) is 6.31. The van der Waals surface area contributed by atoms with Crippen LogP contribution in [-0.2, 0) is 0 Å². The van der Waals surface area contributed by atoms with Crippen LogP contribution in [0.2, 0.25) is 0 Å². The van der Waals surface area contributed by atoms with Crippen LogP contribution in [0, 0.1) is 0 Å². The van der Waals surface area contributed by atoms with Gasteiger partial charge in [0, 0.05) is 46.1 Å². The summed E-state index contributed by atoms with van der Waals surface area (Å²) < 4.78 is 0. The second-order valence-corrected chi connectivity index (χ2v) is 10.0. The van der Waals surface area contributed by atoms with Crippen molar-refractivity contribution in [3.63, 3.8) is 0 Å². The molecule has 7 rings (SSSR count). The summed E-state index contributed by atoms with van der Waals surface area (Å²) in [5.74, 6) is -1.03. The van der Waals surface area contributed by atoms with Crippen molar-refractivity contribution in [3.05, 3.63) is 70.8 Å². The van der Waals surface area contributed by atoms with Crippen molar-refractivity contribution in [1.82, 2.24) is 9.80 Å². The first-order chi connectivity index (χ1) is 18.0. The minimum atomic E-state index is -0.262. The van der Waals surface area contributed by atoms with Crippen LogP contribution in [0.3, 0.4) is 0 Å². The number of benzene rings is 5. The zero-order chi connectivity index (χ0) is 25.6. The van der Waals surface area contributed by atoms with Gasteiger partial charge >= 0.3 is 0 Å². The van der Waals surface area contributed by atoms with Crippen LogP contribution in [-0.4, -0.2) is 46.5 Å². The second kappa shape index (κ2) is 7.59. The maximum absolute atomic E-state index is 13.4. The molecule has 0 fully saturated rings. The molecule has 4 amide bonds. The Morgan fingerprint density at radius 2 is 0.811 bits per heavy atom. The first-order valence-corrected chi connectivity index (χ1v) is 12.9. The monoisotopic (exact) mass is 488 g/mol. The van der Waals surface area contributed by atoms with E-state index in [0.29, 0.717) is 52.5 Å². The Hall–Kier alpha value is -4.32. The standard InChI is InChI=1S/C31H24N2O4/c1-3-5-15-33-30(36)22-12-8-18-16-6-10-20-26-21(29(35)32(14-4-2)28(20)34)11-7-17(24(16)26)19-9-13-23(31(33)37)27(22)25(18)19/h6-13H,3-5,14-15H2,1-2H3.